The van der Waals surface area contributed by atoms with E-state index in [0.29, 0.717) is 11.1 Å². The molecule has 1 N–H and O–H groups in total. The van der Waals surface area contributed by atoms with Crippen LogP contribution in [0.2, 0.25) is 0 Å². The van der Waals surface area contributed by atoms with Gasteiger partial charge in [0.15, 0.2) is 5.76 Å². The standard InChI is InChI=1S/C28H23F3N2O5/c1-3-37-27(36)33(23-6-4-5-22(16-23)28(29,30)31)26-17(2)38-32-25(26)21-13-11-20(12-14-21)19-9-7-18(8-10-19)15-24(34)35/h4-14,16H,3,15H2,1-2H3,(H,34,35). The topological polar surface area (TPSA) is 92.9 Å². The van der Waals surface area contributed by atoms with Crippen molar-refractivity contribution in [2.45, 2.75) is 26.4 Å². The summed E-state index contributed by atoms with van der Waals surface area (Å²) in [5, 5.41) is 13.0. The predicted octanol–water partition coefficient (Wildman–Crippen LogP) is 7.26. The van der Waals surface area contributed by atoms with E-state index in [1.54, 1.807) is 38.1 Å². The lowest BCUT2D eigenvalue weighted by Gasteiger charge is -2.23. The van der Waals surface area contributed by atoms with E-state index >= 15 is 0 Å². The molecule has 0 atom stereocenters. The number of aryl methyl sites for hydroxylation is 1. The number of hydrogen-bond acceptors (Lipinski definition) is 5. The number of carbonyl (C=O) groups excluding carboxylic acids is 1. The zero-order valence-corrected chi connectivity index (χ0v) is 20.5. The minimum absolute atomic E-state index is 0.00784. The molecule has 0 spiro atoms. The normalized spacial score (nSPS) is 11.3. The number of carboxylic acid groups (broad SMARTS) is 1. The lowest BCUT2D eigenvalue weighted by atomic mass is 10.0. The Kier molecular flexibility index (Phi) is 7.52. The first-order valence-corrected chi connectivity index (χ1v) is 11.6. The fourth-order valence-electron chi connectivity index (χ4n) is 3.97. The maximum Gasteiger partial charge on any atom is 0.419 e. The lowest BCUT2D eigenvalue weighted by Crippen LogP contribution is -2.28. The molecule has 0 saturated carbocycles. The van der Waals surface area contributed by atoms with E-state index in [1.165, 1.54) is 12.1 Å². The monoisotopic (exact) mass is 524 g/mol. The first kappa shape index (κ1) is 26.5. The van der Waals surface area contributed by atoms with Crippen molar-refractivity contribution in [3.63, 3.8) is 0 Å². The molecule has 0 saturated heterocycles. The fraction of sp³-hybridized carbons (Fsp3) is 0.179. The molecule has 0 fully saturated rings. The van der Waals surface area contributed by atoms with Crippen molar-refractivity contribution in [1.82, 2.24) is 5.16 Å². The Balaban J connectivity index is 1.73. The maximum absolute atomic E-state index is 13.4. The summed E-state index contributed by atoms with van der Waals surface area (Å²) in [6, 6.07) is 18.6. The number of amides is 1. The average Bonchev–Trinajstić information content (AvgIpc) is 3.25. The van der Waals surface area contributed by atoms with Gasteiger partial charge >= 0.3 is 18.2 Å². The van der Waals surface area contributed by atoms with Crippen LogP contribution in [-0.4, -0.2) is 28.9 Å². The van der Waals surface area contributed by atoms with Crippen molar-refractivity contribution in [3.8, 4) is 22.4 Å². The minimum Gasteiger partial charge on any atom is -0.481 e. The number of anilines is 2. The van der Waals surface area contributed by atoms with E-state index in [-0.39, 0.29) is 35.9 Å². The van der Waals surface area contributed by atoms with Gasteiger partial charge < -0.3 is 14.4 Å². The van der Waals surface area contributed by atoms with Gasteiger partial charge in [0.25, 0.3) is 0 Å². The predicted molar refractivity (Wildman–Crippen MR) is 134 cm³/mol. The SMILES string of the molecule is CCOC(=O)N(c1cccc(C(F)(F)F)c1)c1c(-c2ccc(-c3ccc(CC(=O)O)cc3)cc2)noc1C. The van der Waals surface area contributed by atoms with Crippen molar-refractivity contribution < 1.29 is 37.1 Å². The zero-order valence-electron chi connectivity index (χ0n) is 20.5. The quantitative estimate of drug-likeness (QED) is 0.274. The van der Waals surface area contributed by atoms with Crippen LogP contribution in [-0.2, 0) is 22.1 Å². The lowest BCUT2D eigenvalue weighted by molar-refractivity contribution is -0.138. The number of rotatable bonds is 7. The molecule has 10 heteroatoms. The highest BCUT2D eigenvalue weighted by Crippen LogP contribution is 2.40. The van der Waals surface area contributed by atoms with Gasteiger partial charge in [-0.25, -0.2) is 9.69 Å². The molecule has 0 radical (unpaired) electrons. The third kappa shape index (κ3) is 5.69. The van der Waals surface area contributed by atoms with E-state index in [9.17, 15) is 22.8 Å². The Morgan fingerprint density at radius 2 is 1.58 bits per heavy atom. The average molecular weight is 524 g/mol. The number of alkyl halides is 3. The van der Waals surface area contributed by atoms with Gasteiger partial charge in [0.1, 0.15) is 11.4 Å². The molecule has 3 aromatic carbocycles. The molecule has 0 unspecified atom stereocenters. The molecule has 38 heavy (non-hydrogen) atoms. The summed E-state index contributed by atoms with van der Waals surface area (Å²) >= 11 is 0. The Hall–Kier alpha value is -4.60. The van der Waals surface area contributed by atoms with E-state index in [2.05, 4.69) is 5.16 Å². The number of carbonyl (C=O) groups is 2. The Bertz CT molecular complexity index is 1440. The summed E-state index contributed by atoms with van der Waals surface area (Å²) < 4.78 is 50.8. The summed E-state index contributed by atoms with van der Waals surface area (Å²) in [5.74, 6) is -0.702. The highest BCUT2D eigenvalue weighted by atomic mass is 19.4. The second-order valence-electron chi connectivity index (χ2n) is 8.36. The third-order valence-corrected chi connectivity index (χ3v) is 5.74. The van der Waals surface area contributed by atoms with Gasteiger partial charge in [-0.2, -0.15) is 13.2 Å². The van der Waals surface area contributed by atoms with E-state index in [0.717, 1.165) is 28.2 Å². The largest absolute Gasteiger partial charge is 0.481 e. The van der Waals surface area contributed by atoms with Gasteiger partial charge in [-0.3, -0.25) is 4.79 Å². The van der Waals surface area contributed by atoms with Crippen molar-refractivity contribution in [3.05, 3.63) is 89.7 Å². The molecular formula is C28H23F3N2O5. The van der Waals surface area contributed by atoms with Crippen molar-refractivity contribution in [1.29, 1.82) is 0 Å². The maximum atomic E-state index is 13.4. The number of benzene rings is 3. The molecule has 196 valence electrons. The second-order valence-corrected chi connectivity index (χ2v) is 8.36. The molecule has 7 nitrogen and oxygen atoms in total. The highest BCUT2D eigenvalue weighted by molar-refractivity contribution is 6.00. The number of carboxylic acids is 1. The zero-order chi connectivity index (χ0) is 27.4. The van der Waals surface area contributed by atoms with Gasteiger partial charge in [-0.15, -0.1) is 0 Å². The summed E-state index contributed by atoms with van der Waals surface area (Å²) in [6.07, 6.45) is -5.56. The van der Waals surface area contributed by atoms with Crippen LogP contribution in [0.1, 0.15) is 23.8 Å². The minimum atomic E-state index is -4.61. The molecule has 0 aliphatic rings. The van der Waals surface area contributed by atoms with Gasteiger partial charge in [-0.05, 0) is 48.7 Å². The van der Waals surface area contributed by atoms with E-state index in [1.807, 2.05) is 24.3 Å². The first-order valence-electron chi connectivity index (χ1n) is 11.6. The van der Waals surface area contributed by atoms with Crippen LogP contribution in [0.4, 0.5) is 29.3 Å². The smallest absolute Gasteiger partial charge is 0.419 e. The van der Waals surface area contributed by atoms with Crippen LogP contribution < -0.4 is 4.90 Å². The molecule has 0 aliphatic carbocycles. The van der Waals surface area contributed by atoms with Gasteiger partial charge in [-0.1, -0.05) is 59.8 Å². The number of hydrogen-bond donors (Lipinski definition) is 1. The summed E-state index contributed by atoms with van der Waals surface area (Å²) in [6.45, 7) is 3.16. The Labute approximate surface area is 216 Å². The molecule has 1 heterocycles. The van der Waals surface area contributed by atoms with Crippen LogP contribution in [0.25, 0.3) is 22.4 Å². The van der Waals surface area contributed by atoms with E-state index in [4.69, 9.17) is 14.4 Å². The van der Waals surface area contributed by atoms with Crippen LogP contribution in [0.15, 0.2) is 77.3 Å². The Morgan fingerprint density at radius 1 is 0.974 bits per heavy atom. The molecular weight excluding hydrogens is 501 g/mol. The van der Waals surface area contributed by atoms with Gasteiger partial charge in [0.05, 0.1) is 24.3 Å². The highest BCUT2D eigenvalue weighted by Gasteiger charge is 2.33. The third-order valence-electron chi connectivity index (χ3n) is 5.74. The molecule has 4 aromatic rings. The number of aromatic nitrogens is 1. The molecule has 1 amide bonds. The fourth-order valence-corrected chi connectivity index (χ4v) is 3.97. The molecule has 0 bridgehead atoms. The van der Waals surface area contributed by atoms with Crippen LogP contribution in [0.3, 0.4) is 0 Å². The number of aliphatic carboxylic acids is 1. The van der Waals surface area contributed by atoms with Crippen LogP contribution in [0.5, 0.6) is 0 Å². The summed E-state index contributed by atoms with van der Waals surface area (Å²) in [4.78, 5) is 24.9. The van der Waals surface area contributed by atoms with Crippen LogP contribution >= 0.6 is 0 Å². The Morgan fingerprint density at radius 3 is 2.16 bits per heavy atom. The van der Waals surface area contributed by atoms with Crippen molar-refractivity contribution in [2.75, 3.05) is 11.5 Å². The molecule has 4 rings (SSSR count). The first-order chi connectivity index (χ1) is 18.1. The number of nitrogens with zero attached hydrogens (tertiary/aromatic N) is 2. The van der Waals surface area contributed by atoms with Gasteiger partial charge in [0.2, 0.25) is 0 Å². The van der Waals surface area contributed by atoms with Gasteiger partial charge in [0, 0.05) is 5.56 Å². The van der Waals surface area contributed by atoms with Crippen LogP contribution in [0, 0.1) is 6.92 Å². The second kappa shape index (κ2) is 10.8. The van der Waals surface area contributed by atoms with Crippen molar-refractivity contribution in [2.24, 2.45) is 0 Å². The summed E-state index contributed by atoms with van der Waals surface area (Å²) in [7, 11) is 0. The number of ether oxygens (including phenoxy) is 1. The van der Waals surface area contributed by atoms with E-state index < -0.39 is 23.8 Å². The van der Waals surface area contributed by atoms with Crippen molar-refractivity contribution >= 4 is 23.4 Å². The number of halogens is 3. The molecule has 1 aromatic heterocycles. The summed E-state index contributed by atoms with van der Waals surface area (Å²) in [5.41, 5.74) is 2.38. The molecule has 0 aliphatic heterocycles.